The van der Waals surface area contributed by atoms with E-state index in [4.69, 9.17) is 16.3 Å². The minimum Gasteiger partial charge on any atom is -0.385 e. The Balaban J connectivity index is 2.43. The molecule has 1 heterocycles. The van der Waals surface area contributed by atoms with Crippen LogP contribution in [0.15, 0.2) is 24.3 Å². The summed E-state index contributed by atoms with van der Waals surface area (Å²) < 4.78 is 5.02. The van der Waals surface area contributed by atoms with Crippen LogP contribution in [-0.2, 0) is 24.5 Å². The minimum atomic E-state index is -1.25. The van der Waals surface area contributed by atoms with Crippen molar-refractivity contribution in [3.63, 3.8) is 0 Å². The van der Waals surface area contributed by atoms with Crippen LogP contribution in [0.2, 0.25) is 5.02 Å². The fourth-order valence-corrected chi connectivity index (χ4v) is 3.95. The lowest BCUT2D eigenvalue weighted by Crippen LogP contribution is -2.44. The fraction of sp³-hybridized carbons (Fsp3) is 0.550. The normalized spacial score (nSPS) is 19.6. The maximum absolute atomic E-state index is 13.4. The number of hydrogen-bond donors (Lipinski definition) is 0. The Morgan fingerprint density at radius 2 is 1.93 bits per heavy atom. The molecule has 0 unspecified atom stereocenters. The van der Waals surface area contributed by atoms with Gasteiger partial charge in [0.2, 0.25) is 17.7 Å². The number of amides is 3. The van der Waals surface area contributed by atoms with Crippen LogP contribution in [0.25, 0.3) is 0 Å². The van der Waals surface area contributed by atoms with Crippen molar-refractivity contribution in [1.82, 2.24) is 9.80 Å². The Kier molecular flexibility index (Phi) is 7.39. The van der Waals surface area contributed by atoms with E-state index in [0.29, 0.717) is 36.7 Å². The van der Waals surface area contributed by atoms with Crippen LogP contribution in [0.1, 0.15) is 38.7 Å². The Morgan fingerprint density at radius 3 is 2.52 bits per heavy atom. The van der Waals surface area contributed by atoms with Crippen LogP contribution in [0.5, 0.6) is 0 Å². The molecule has 0 N–H and O–H groups in total. The number of halogens is 1. The number of benzene rings is 1. The average Bonchev–Trinajstić information content (AvgIpc) is 2.88. The largest absolute Gasteiger partial charge is 0.385 e. The van der Waals surface area contributed by atoms with Gasteiger partial charge in [0.05, 0.1) is 5.41 Å². The monoisotopic (exact) mass is 394 g/mol. The molecule has 6 nitrogen and oxygen atoms in total. The van der Waals surface area contributed by atoms with E-state index in [-0.39, 0.29) is 37.1 Å². The molecule has 2 rings (SSSR count). The number of carbonyl (C=O) groups excluding carboxylic acids is 3. The van der Waals surface area contributed by atoms with Crippen molar-refractivity contribution in [1.29, 1.82) is 0 Å². The summed E-state index contributed by atoms with van der Waals surface area (Å²) in [5.74, 6) is -0.777. The number of likely N-dealkylation sites (tertiary alicyclic amines) is 1. The van der Waals surface area contributed by atoms with E-state index < -0.39 is 5.41 Å². The second kappa shape index (κ2) is 9.33. The topological polar surface area (TPSA) is 66.9 Å². The van der Waals surface area contributed by atoms with E-state index in [0.717, 1.165) is 0 Å². The van der Waals surface area contributed by atoms with Crippen LogP contribution in [0.4, 0.5) is 0 Å². The third-order valence-electron chi connectivity index (χ3n) is 5.10. The molecule has 3 amide bonds. The summed E-state index contributed by atoms with van der Waals surface area (Å²) >= 11 is 6.39. The predicted molar refractivity (Wildman–Crippen MR) is 104 cm³/mol. The lowest BCUT2D eigenvalue weighted by molar-refractivity contribution is -0.142. The van der Waals surface area contributed by atoms with Crippen LogP contribution in [0, 0.1) is 0 Å². The summed E-state index contributed by atoms with van der Waals surface area (Å²) in [6, 6.07) is 6.97. The zero-order valence-electron chi connectivity index (χ0n) is 16.2. The first kappa shape index (κ1) is 21.4. The van der Waals surface area contributed by atoms with E-state index in [1.54, 1.807) is 36.3 Å². The van der Waals surface area contributed by atoms with Gasteiger partial charge in [0.1, 0.15) is 0 Å². The molecule has 1 saturated heterocycles. The van der Waals surface area contributed by atoms with Gasteiger partial charge in [-0.2, -0.15) is 0 Å². The Hall–Kier alpha value is -1.92. The molecule has 1 aliphatic heterocycles. The molecule has 1 aromatic carbocycles. The van der Waals surface area contributed by atoms with Gasteiger partial charge in [-0.3, -0.25) is 19.3 Å². The van der Waals surface area contributed by atoms with Crippen LogP contribution < -0.4 is 0 Å². The number of nitrogens with zero attached hydrogens (tertiary/aromatic N) is 2. The first-order valence-corrected chi connectivity index (χ1v) is 9.65. The van der Waals surface area contributed by atoms with Gasteiger partial charge in [0.25, 0.3) is 0 Å². The standard InChI is InChI=1S/C20H27ClN2O4/c1-4-22(5-2)17(24)13-20(15-9-6-7-10-16(15)21)14-18(25)23(19(20)26)11-8-12-27-3/h6-7,9-10H,4-5,8,11-14H2,1-3H3/t20-/m0/s1. The van der Waals surface area contributed by atoms with Gasteiger partial charge < -0.3 is 9.64 Å². The SMILES string of the molecule is CCN(CC)C(=O)C[C@@]1(c2ccccc2Cl)CC(=O)N(CCCOC)C1=O. The van der Waals surface area contributed by atoms with Gasteiger partial charge in [-0.15, -0.1) is 0 Å². The van der Waals surface area contributed by atoms with Gasteiger partial charge >= 0.3 is 0 Å². The second-order valence-electron chi connectivity index (χ2n) is 6.68. The van der Waals surface area contributed by atoms with E-state index in [1.165, 1.54) is 4.90 Å². The van der Waals surface area contributed by atoms with Crippen molar-refractivity contribution in [2.45, 2.75) is 38.5 Å². The molecule has 0 radical (unpaired) electrons. The maximum atomic E-state index is 13.4. The van der Waals surface area contributed by atoms with E-state index >= 15 is 0 Å². The molecular formula is C20H27ClN2O4. The molecule has 1 fully saturated rings. The van der Waals surface area contributed by atoms with Gasteiger partial charge in [-0.25, -0.2) is 0 Å². The van der Waals surface area contributed by atoms with Gasteiger partial charge in [-0.1, -0.05) is 29.8 Å². The number of rotatable bonds is 9. The summed E-state index contributed by atoms with van der Waals surface area (Å²) in [6.07, 6.45) is 0.440. The first-order valence-electron chi connectivity index (χ1n) is 9.27. The lowest BCUT2D eigenvalue weighted by atomic mass is 9.75. The molecule has 0 aromatic heterocycles. The third-order valence-corrected chi connectivity index (χ3v) is 5.43. The molecule has 7 heteroatoms. The second-order valence-corrected chi connectivity index (χ2v) is 7.09. The van der Waals surface area contributed by atoms with Crippen molar-refractivity contribution in [2.24, 2.45) is 0 Å². The van der Waals surface area contributed by atoms with Gasteiger partial charge in [0, 0.05) is 51.2 Å². The maximum Gasteiger partial charge on any atom is 0.240 e. The summed E-state index contributed by atoms with van der Waals surface area (Å²) in [7, 11) is 1.57. The number of carbonyl (C=O) groups is 3. The summed E-state index contributed by atoms with van der Waals surface area (Å²) in [5, 5.41) is 0.393. The number of methoxy groups -OCH3 is 1. The zero-order chi connectivity index (χ0) is 20.0. The van der Waals surface area contributed by atoms with Crippen molar-refractivity contribution in [3.05, 3.63) is 34.9 Å². The summed E-state index contributed by atoms with van der Waals surface area (Å²) in [4.78, 5) is 41.8. The van der Waals surface area contributed by atoms with Crippen LogP contribution in [0.3, 0.4) is 0 Å². The molecule has 0 aliphatic carbocycles. The van der Waals surface area contributed by atoms with Crippen molar-refractivity contribution in [3.8, 4) is 0 Å². The molecule has 0 bridgehead atoms. The molecule has 148 valence electrons. The van der Waals surface area contributed by atoms with Crippen LogP contribution in [-0.4, -0.2) is 60.9 Å². The molecule has 0 spiro atoms. The highest BCUT2D eigenvalue weighted by Crippen LogP contribution is 2.43. The van der Waals surface area contributed by atoms with E-state index in [1.807, 2.05) is 13.8 Å². The predicted octanol–water partition coefficient (Wildman–Crippen LogP) is 2.63. The zero-order valence-corrected chi connectivity index (χ0v) is 16.9. The summed E-state index contributed by atoms with van der Waals surface area (Å²) in [5.41, 5.74) is -0.706. The molecule has 1 aliphatic rings. The molecule has 0 saturated carbocycles. The smallest absolute Gasteiger partial charge is 0.240 e. The van der Waals surface area contributed by atoms with Gasteiger partial charge in [-0.05, 0) is 31.9 Å². The van der Waals surface area contributed by atoms with E-state index in [9.17, 15) is 14.4 Å². The molecular weight excluding hydrogens is 368 g/mol. The first-order chi connectivity index (χ1) is 12.9. The lowest BCUT2D eigenvalue weighted by Gasteiger charge is -2.30. The highest BCUT2D eigenvalue weighted by molar-refractivity contribution is 6.32. The number of imide groups is 1. The fourth-order valence-electron chi connectivity index (χ4n) is 3.63. The molecule has 1 atom stereocenters. The van der Waals surface area contributed by atoms with Crippen molar-refractivity contribution in [2.75, 3.05) is 33.4 Å². The Bertz CT molecular complexity index is 705. The van der Waals surface area contributed by atoms with Gasteiger partial charge in [0.15, 0.2) is 0 Å². The summed E-state index contributed by atoms with van der Waals surface area (Å²) in [6.45, 7) is 5.61. The molecule has 1 aromatic rings. The molecule has 27 heavy (non-hydrogen) atoms. The minimum absolute atomic E-state index is 0.0461. The number of ether oxygens (including phenoxy) is 1. The highest BCUT2D eigenvalue weighted by Gasteiger charge is 2.54. The Morgan fingerprint density at radius 1 is 1.26 bits per heavy atom. The average molecular weight is 395 g/mol. The quantitative estimate of drug-likeness (QED) is 0.477. The van der Waals surface area contributed by atoms with Crippen LogP contribution >= 0.6 is 11.6 Å². The highest BCUT2D eigenvalue weighted by atomic mass is 35.5. The van der Waals surface area contributed by atoms with E-state index in [2.05, 4.69) is 0 Å². The van der Waals surface area contributed by atoms with Crippen molar-refractivity contribution >= 4 is 29.3 Å². The Labute approximate surface area is 165 Å². The number of hydrogen-bond acceptors (Lipinski definition) is 4. The van der Waals surface area contributed by atoms with Crippen molar-refractivity contribution < 1.29 is 19.1 Å². The third kappa shape index (κ3) is 4.33.